The van der Waals surface area contributed by atoms with Gasteiger partial charge in [-0.2, -0.15) is 5.26 Å². The normalized spacial score (nSPS) is 13.3. The Morgan fingerprint density at radius 2 is 2.11 bits per heavy atom. The molecular formula is C21H26N4O2. The highest BCUT2D eigenvalue weighted by atomic mass is 16.5. The number of rotatable bonds is 6. The molecule has 1 aromatic carbocycles. The van der Waals surface area contributed by atoms with Gasteiger partial charge in [0.05, 0.1) is 26.0 Å². The van der Waals surface area contributed by atoms with E-state index in [9.17, 15) is 5.26 Å². The van der Waals surface area contributed by atoms with E-state index in [1.807, 2.05) is 12.1 Å². The van der Waals surface area contributed by atoms with Crippen LogP contribution in [0.3, 0.4) is 0 Å². The molecule has 0 amide bonds. The number of nitrogens with two attached hydrogens (primary N) is 1. The van der Waals surface area contributed by atoms with Crippen LogP contribution in [-0.2, 0) is 24.3 Å². The molecule has 27 heavy (non-hydrogen) atoms. The lowest BCUT2D eigenvalue weighted by Crippen LogP contribution is -2.22. The fourth-order valence-electron chi connectivity index (χ4n) is 3.57. The maximum absolute atomic E-state index is 9.71. The summed E-state index contributed by atoms with van der Waals surface area (Å²) < 4.78 is 11.2. The summed E-state index contributed by atoms with van der Waals surface area (Å²) in [5.41, 5.74) is 11.3. The summed E-state index contributed by atoms with van der Waals surface area (Å²) in [6, 6.07) is 8.28. The molecule has 0 saturated carbocycles. The minimum absolute atomic E-state index is 0.286. The number of aromatic nitrogens is 1. The van der Waals surface area contributed by atoms with Crippen LogP contribution in [0.15, 0.2) is 18.2 Å². The van der Waals surface area contributed by atoms with Crippen molar-refractivity contribution in [3.63, 3.8) is 0 Å². The number of nitriles is 1. The zero-order valence-corrected chi connectivity index (χ0v) is 16.2. The summed E-state index contributed by atoms with van der Waals surface area (Å²) in [7, 11) is 1.68. The number of nitrogens with zero attached hydrogens (tertiary/aromatic N) is 3. The highest BCUT2D eigenvalue weighted by molar-refractivity contribution is 5.80. The van der Waals surface area contributed by atoms with Crippen molar-refractivity contribution in [2.75, 3.05) is 32.5 Å². The highest BCUT2D eigenvalue weighted by Gasteiger charge is 2.23. The summed E-state index contributed by atoms with van der Waals surface area (Å²) in [6.45, 7) is 8.06. The Bertz CT molecular complexity index is 869. The van der Waals surface area contributed by atoms with E-state index >= 15 is 0 Å². The first-order chi connectivity index (χ1) is 13.1. The summed E-state index contributed by atoms with van der Waals surface area (Å²) in [4.78, 5) is 6.77. The smallest absolute Gasteiger partial charge is 0.142 e. The van der Waals surface area contributed by atoms with Gasteiger partial charge in [-0.3, -0.25) is 4.90 Å². The Morgan fingerprint density at radius 3 is 2.78 bits per heavy atom. The number of ether oxygens (including phenoxy) is 2. The Morgan fingerprint density at radius 1 is 1.33 bits per heavy atom. The molecule has 0 saturated heterocycles. The Labute approximate surface area is 160 Å². The SMILES string of the molecule is CCN(CC)Cc1cc(-c2c(C#N)c(N)nc3c2COCC3)ccc1OC. The second kappa shape index (κ2) is 8.38. The zero-order valence-electron chi connectivity index (χ0n) is 16.2. The molecule has 0 atom stereocenters. The lowest BCUT2D eigenvalue weighted by Gasteiger charge is -2.23. The number of pyridine rings is 1. The lowest BCUT2D eigenvalue weighted by molar-refractivity contribution is 0.109. The largest absolute Gasteiger partial charge is 0.496 e. The molecule has 0 unspecified atom stereocenters. The van der Waals surface area contributed by atoms with Gasteiger partial charge in [-0.15, -0.1) is 0 Å². The van der Waals surface area contributed by atoms with E-state index in [2.05, 4.69) is 35.9 Å². The van der Waals surface area contributed by atoms with Crippen LogP contribution in [0, 0.1) is 11.3 Å². The molecule has 0 radical (unpaired) electrons. The number of anilines is 1. The molecule has 1 aromatic heterocycles. The number of hydrogen-bond acceptors (Lipinski definition) is 6. The summed E-state index contributed by atoms with van der Waals surface area (Å²) in [5.74, 6) is 1.13. The van der Waals surface area contributed by atoms with E-state index in [1.165, 1.54) is 0 Å². The van der Waals surface area contributed by atoms with Crippen LogP contribution in [0.2, 0.25) is 0 Å². The van der Waals surface area contributed by atoms with Crippen LogP contribution < -0.4 is 10.5 Å². The Hall–Kier alpha value is -2.62. The molecule has 0 bridgehead atoms. The predicted molar refractivity (Wildman–Crippen MR) is 105 cm³/mol. The Balaban J connectivity index is 2.17. The van der Waals surface area contributed by atoms with Crippen molar-refractivity contribution in [1.29, 1.82) is 5.26 Å². The van der Waals surface area contributed by atoms with Crippen molar-refractivity contribution in [2.24, 2.45) is 0 Å². The highest BCUT2D eigenvalue weighted by Crippen LogP contribution is 2.36. The second-order valence-corrected chi connectivity index (χ2v) is 6.57. The fourth-order valence-corrected chi connectivity index (χ4v) is 3.57. The molecule has 3 rings (SSSR count). The average Bonchev–Trinajstić information content (AvgIpc) is 2.70. The molecular weight excluding hydrogens is 340 g/mol. The van der Waals surface area contributed by atoms with Crippen molar-refractivity contribution < 1.29 is 9.47 Å². The minimum Gasteiger partial charge on any atom is -0.496 e. The quantitative estimate of drug-likeness (QED) is 0.845. The lowest BCUT2D eigenvalue weighted by atomic mass is 9.91. The maximum Gasteiger partial charge on any atom is 0.142 e. The van der Waals surface area contributed by atoms with Crippen LogP contribution in [0.4, 0.5) is 5.82 Å². The van der Waals surface area contributed by atoms with Gasteiger partial charge in [0, 0.05) is 29.7 Å². The molecule has 0 fully saturated rings. The van der Waals surface area contributed by atoms with Crippen molar-refractivity contribution in [3.05, 3.63) is 40.6 Å². The number of hydrogen-bond donors (Lipinski definition) is 1. The van der Waals surface area contributed by atoms with Gasteiger partial charge in [0.1, 0.15) is 23.2 Å². The van der Waals surface area contributed by atoms with Crippen LogP contribution in [0.1, 0.15) is 36.2 Å². The monoisotopic (exact) mass is 366 g/mol. The average molecular weight is 366 g/mol. The van der Waals surface area contributed by atoms with E-state index in [1.54, 1.807) is 7.11 Å². The van der Waals surface area contributed by atoms with Gasteiger partial charge in [-0.1, -0.05) is 19.9 Å². The van der Waals surface area contributed by atoms with Gasteiger partial charge < -0.3 is 15.2 Å². The van der Waals surface area contributed by atoms with Gasteiger partial charge in [0.2, 0.25) is 0 Å². The molecule has 1 aliphatic rings. The molecule has 2 aromatic rings. The molecule has 2 heterocycles. The molecule has 2 N–H and O–H groups in total. The summed E-state index contributed by atoms with van der Waals surface area (Å²) in [5, 5.41) is 9.71. The van der Waals surface area contributed by atoms with Crippen molar-refractivity contribution >= 4 is 5.82 Å². The molecule has 1 aliphatic heterocycles. The van der Waals surface area contributed by atoms with E-state index in [-0.39, 0.29) is 5.82 Å². The van der Waals surface area contributed by atoms with Gasteiger partial charge in [-0.05, 0) is 30.8 Å². The first-order valence-corrected chi connectivity index (χ1v) is 9.31. The number of fused-ring (bicyclic) bond motifs is 1. The second-order valence-electron chi connectivity index (χ2n) is 6.57. The Kier molecular flexibility index (Phi) is 5.94. The third-order valence-electron chi connectivity index (χ3n) is 5.11. The van der Waals surface area contributed by atoms with Crippen molar-refractivity contribution in [1.82, 2.24) is 9.88 Å². The zero-order chi connectivity index (χ0) is 19.4. The van der Waals surface area contributed by atoms with E-state index in [0.717, 1.165) is 53.3 Å². The van der Waals surface area contributed by atoms with Gasteiger partial charge in [0.15, 0.2) is 0 Å². The van der Waals surface area contributed by atoms with Crippen LogP contribution in [-0.4, -0.2) is 36.7 Å². The maximum atomic E-state index is 9.71. The predicted octanol–water partition coefficient (Wildman–Crippen LogP) is 3.13. The molecule has 6 heteroatoms. The van der Waals surface area contributed by atoms with Gasteiger partial charge in [-0.25, -0.2) is 4.98 Å². The molecule has 6 nitrogen and oxygen atoms in total. The van der Waals surface area contributed by atoms with Gasteiger partial charge in [0.25, 0.3) is 0 Å². The summed E-state index contributed by atoms with van der Waals surface area (Å²) >= 11 is 0. The van der Waals surface area contributed by atoms with E-state index in [0.29, 0.717) is 25.2 Å². The third kappa shape index (κ3) is 3.75. The fraction of sp³-hybridized carbons (Fsp3) is 0.429. The van der Waals surface area contributed by atoms with Crippen LogP contribution in [0.5, 0.6) is 5.75 Å². The molecule has 0 aliphatic carbocycles. The third-order valence-corrected chi connectivity index (χ3v) is 5.11. The van der Waals surface area contributed by atoms with E-state index in [4.69, 9.17) is 15.2 Å². The molecule has 142 valence electrons. The minimum atomic E-state index is 0.286. The summed E-state index contributed by atoms with van der Waals surface area (Å²) in [6.07, 6.45) is 0.709. The molecule has 0 spiro atoms. The number of nitrogen functional groups attached to an aromatic ring is 1. The van der Waals surface area contributed by atoms with Crippen molar-refractivity contribution in [2.45, 2.75) is 33.4 Å². The van der Waals surface area contributed by atoms with Crippen molar-refractivity contribution in [3.8, 4) is 22.9 Å². The topological polar surface area (TPSA) is 84.4 Å². The number of methoxy groups -OCH3 is 1. The first-order valence-electron chi connectivity index (χ1n) is 9.31. The van der Waals surface area contributed by atoms with Gasteiger partial charge >= 0.3 is 0 Å². The van der Waals surface area contributed by atoms with E-state index < -0.39 is 0 Å². The number of benzene rings is 1. The van der Waals surface area contributed by atoms with Crippen LogP contribution >= 0.6 is 0 Å². The first kappa shape index (κ1) is 19.2. The standard InChI is InChI=1S/C21H26N4O2/c1-4-25(5-2)12-15-10-14(6-7-19(15)26-3)20-16(11-22)21(23)24-18-8-9-27-13-17(18)20/h6-7,10H,4-5,8-9,12-13H2,1-3H3,(H2,23,24). The van der Waals surface area contributed by atoms with Crippen LogP contribution in [0.25, 0.3) is 11.1 Å².